The molecule has 0 radical (unpaired) electrons. The number of allylic oxidation sites excluding steroid dienone is 1. The van der Waals surface area contributed by atoms with E-state index in [1.54, 1.807) is 0 Å². The number of benzene rings is 1. The average Bonchev–Trinajstić information content (AvgIpc) is 3.79. The summed E-state index contributed by atoms with van der Waals surface area (Å²) in [4.78, 5) is 24.3. The van der Waals surface area contributed by atoms with E-state index >= 15 is 0 Å². The van der Waals surface area contributed by atoms with Gasteiger partial charge in [0.05, 0.1) is 16.0 Å². The molecule has 56 heavy (non-hydrogen) atoms. The Bertz CT molecular complexity index is 1500. The first-order valence-electron chi connectivity index (χ1n) is 23.4. The van der Waals surface area contributed by atoms with Gasteiger partial charge in [-0.15, -0.1) is 0 Å². The molecular weight excluding hydrogens is 715 g/mol. The molecule has 0 saturated heterocycles. The Morgan fingerprint density at radius 1 is 0.679 bits per heavy atom. The van der Waals surface area contributed by atoms with E-state index < -0.39 is 22.0 Å². The second kappa shape index (κ2) is 23.6. The fourth-order valence-corrected chi connectivity index (χ4v) is 11.8. The summed E-state index contributed by atoms with van der Waals surface area (Å²) in [5, 5.41) is 0. The van der Waals surface area contributed by atoms with E-state index in [1.807, 2.05) is 0 Å². The fraction of sp³-hybridized carbons (Fsp3) is 0.796. The number of esters is 2. The van der Waals surface area contributed by atoms with Crippen LogP contribution in [0.4, 0.5) is 0 Å². The molecule has 8 atom stereocenters. The minimum Gasteiger partial charge on any atom is -0.386 e. The number of cyclic esters (lactones) is 2. The van der Waals surface area contributed by atoms with Crippen LogP contribution in [-0.2, 0) is 14.8 Å². The first kappa shape index (κ1) is 46.7. The van der Waals surface area contributed by atoms with Crippen molar-refractivity contribution < 1.29 is 22.7 Å². The van der Waals surface area contributed by atoms with Crippen molar-refractivity contribution in [3.63, 3.8) is 0 Å². The highest BCUT2D eigenvalue weighted by Crippen LogP contribution is 2.58. The summed E-state index contributed by atoms with van der Waals surface area (Å²) in [7, 11) is -3.93. The molecule has 8 unspecified atom stereocenters. The molecule has 1 aromatic rings. The van der Waals surface area contributed by atoms with Gasteiger partial charge in [0.1, 0.15) is 0 Å². The third-order valence-electron chi connectivity index (χ3n) is 14.2. The molecule has 7 heteroatoms. The number of hydrogen-bond acceptors (Lipinski definition) is 5. The molecule has 2 bridgehead atoms. The van der Waals surface area contributed by atoms with Crippen molar-refractivity contribution in [2.45, 2.75) is 207 Å². The van der Waals surface area contributed by atoms with E-state index in [2.05, 4.69) is 59.3 Å². The minimum atomic E-state index is -3.93. The maximum Gasteiger partial charge on any atom is 0.346 e. The predicted molar refractivity (Wildman–Crippen MR) is 232 cm³/mol. The Balaban J connectivity index is 1.29. The number of fused-ring (bicyclic) bond motifs is 3. The van der Waals surface area contributed by atoms with Gasteiger partial charge in [-0.3, -0.25) is 0 Å². The topological polar surface area (TPSA) is 89.5 Å². The monoisotopic (exact) mass is 796 g/mol. The molecule has 318 valence electrons. The zero-order valence-electron chi connectivity index (χ0n) is 36.7. The Labute approximate surface area is 343 Å². The molecule has 4 rings (SSSR count). The van der Waals surface area contributed by atoms with Crippen LogP contribution in [0, 0.1) is 47.3 Å². The molecular formula is C49H81NO5S. The van der Waals surface area contributed by atoms with Crippen molar-refractivity contribution >= 4 is 22.0 Å². The first-order valence-corrected chi connectivity index (χ1v) is 24.9. The van der Waals surface area contributed by atoms with Crippen molar-refractivity contribution in [3.8, 4) is 0 Å². The van der Waals surface area contributed by atoms with Gasteiger partial charge in [0.25, 0.3) is 0 Å². The van der Waals surface area contributed by atoms with Crippen molar-refractivity contribution in [1.29, 1.82) is 0 Å². The molecule has 3 aliphatic rings. The van der Waals surface area contributed by atoms with Crippen LogP contribution in [0.25, 0.3) is 0 Å². The van der Waals surface area contributed by atoms with Gasteiger partial charge in [-0.25, -0.2) is 22.7 Å². The molecule has 1 heterocycles. The van der Waals surface area contributed by atoms with Gasteiger partial charge in [0.2, 0.25) is 10.0 Å². The van der Waals surface area contributed by atoms with Crippen molar-refractivity contribution in [3.05, 3.63) is 41.0 Å². The van der Waals surface area contributed by atoms with E-state index in [0.29, 0.717) is 17.8 Å². The van der Waals surface area contributed by atoms with Crippen LogP contribution in [0.15, 0.2) is 34.7 Å². The van der Waals surface area contributed by atoms with E-state index in [-0.39, 0.29) is 28.0 Å². The van der Waals surface area contributed by atoms with Crippen LogP contribution in [0.3, 0.4) is 0 Å². The van der Waals surface area contributed by atoms with E-state index in [4.69, 9.17) is 4.74 Å². The summed E-state index contributed by atoms with van der Waals surface area (Å²) in [6, 6.07) is 3.89. The molecule has 2 fully saturated rings. The third-order valence-corrected chi connectivity index (χ3v) is 15.6. The number of unbranched alkanes of at least 4 members (excludes halogenated alkanes) is 9. The Hall–Kier alpha value is -1.99. The molecule has 1 aliphatic heterocycles. The molecule has 1 N–H and O–H groups in total. The summed E-state index contributed by atoms with van der Waals surface area (Å²) < 4.78 is 35.6. The third kappa shape index (κ3) is 13.8. The quantitative estimate of drug-likeness (QED) is 0.0377. The largest absolute Gasteiger partial charge is 0.386 e. The predicted octanol–water partition coefficient (Wildman–Crippen LogP) is 13.6. The summed E-state index contributed by atoms with van der Waals surface area (Å²) >= 11 is 0. The van der Waals surface area contributed by atoms with Crippen molar-refractivity contribution in [2.24, 2.45) is 47.3 Å². The first-order chi connectivity index (χ1) is 26.9. The number of ether oxygens (including phenoxy) is 1. The second-order valence-electron chi connectivity index (χ2n) is 19.1. The minimum absolute atomic E-state index is 0.0127. The lowest BCUT2D eigenvalue weighted by Crippen LogP contribution is -2.45. The second-order valence-corrected chi connectivity index (χ2v) is 20.8. The zero-order chi connectivity index (χ0) is 40.7. The van der Waals surface area contributed by atoms with E-state index in [0.717, 1.165) is 30.1 Å². The maximum absolute atomic E-state index is 13.9. The maximum atomic E-state index is 13.9. The molecule has 1 aromatic carbocycles. The van der Waals surface area contributed by atoms with Crippen molar-refractivity contribution in [2.75, 3.05) is 0 Å². The number of hydrogen-bond donors (Lipinski definition) is 1. The summed E-state index contributed by atoms with van der Waals surface area (Å²) in [6.45, 7) is 16.3. The highest BCUT2D eigenvalue weighted by Gasteiger charge is 2.55. The van der Waals surface area contributed by atoms with Crippen LogP contribution in [0.2, 0.25) is 0 Å². The van der Waals surface area contributed by atoms with Crippen LogP contribution in [-0.4, -0.2) is 26.4 Å². The molecule has 2 aliphatic carbocycles. The lowest BCUT2D eigenvalue weighted by molar-refractivity contribution is 0.0443. The van der Waals surface area contributed by atoms with Crippen molar-refractivity contribution in [1.82, 2.24) is 4.72 Å². The van der Waals surface area contributed by atoms with Gasteiger partial charge >= 0.3 is 11.9 Å². The van der Waals surface area contributed by atoms with Gasteiger partial charge in [0, 0.05) is 6.04 Å². The summed E-state index contributed by atoms with van der Waals surface area (Å²) in [6.07, 6.45) is 32.4. The Morgan fingerprint density at radius 2 is 1.20 bits per heavy atom. The van der Waals surface area contributed by atoms with Gasteiger partial charge in [-0.1, -0.05) is 182 Å². The van der Waals surface area contributed by atoms with Gasteiger partial charge in [-0.05, 0) is 91.7 Å². The average molecular weight is 796 g/mol. The Morgan fingerprint density at radius 3 is 1.80 bits per heavy atom. The number of carbonyl (C=O) groups excluding carboxylic acids is 2. The van der Waals surface area contributed by atoms with E-state index in [1.165, 1.54) is 165 Å². The molecule has 0 aromatic heterocycles. The van der Waals surface area contributed by atoms with Crippen LogP contribution >= 0.6 is 0 Å². The van der Waals surface area contributed by atoms with Crippen LogP contribution in [0.1, 0.15) is 217 Å². The fourth-order valence-electron chi connectivity index (χ4n) is 10.5. The molecule has 2 saturated carbocycles. The number of sulfonamides is 1. The van der Waals surface area contributed by atoms with Crippen LogP contribution in [0.5, 0.6) is 0 Å². The normalized spacial score (nSPS) is 24.3. The highest BCUT2D eigenvalue weighted by molar-refractivity contribution is 7.89. The summed E-state index contributed by atoms with van der Waals surface area (Å²) in [5.74, 6) is 3.57. The summed E-state index contributed by atoms with van der Waals surface area (Å²) in [5.41, 5.74) is 1.39. The van der Waals surface area contributed by atoms with Gasteiger partial charge < -0.3 is 4.74 Å². The lowest BCUT2D eigenvalue weighted by atomic mass is 9.70. The van der Waals surface area contributed by atoms with Gasteiger partial charge in [-0.2, -0.15) is 0 Å². The smallest absolute Gasteiger partial charge is 0.346 e. The number of nitrogens with one attached hydrogen (secondary N) is 1. The van der Waals surface area contributed by atoms with E-state index in [9.17, 15) is 18.0 Å². The molecule has 0 spiro atoms. The van der Waals surface area contributed by atoms with Gasteiger partial charge in [0.15, 0.2) is 0 Å². The Kier molecular flexibility index (Phi) is 19.6. The van der Waals surface area contributed by atoms with Crippen LogP contribution < -0.4 is 4.72 Å². The zero-order valence-corrected chi connectivity index (χ0v) is 37.5. The SMILES string of the molecule is C/C=C1\C2CC(C1NS(=O)(=O)c1ccc3c(c1)C(=O)OC3=O)C(CCCCC(C)CCCCCCCCCC(C)CC)C2CCCCCC(C)CCCC(C)C. The highest BCUT2D eigenvalue weighted by atomic mass is 32.2. The molecule has 6 nitrogen and oxygen atoms in total. The number of rotatable bonds is 29. The number of carbonyl (C=O) groups is 2. The molecule has 0 amide bonds. The standard InChI is InChI=1S/C49H81NO5S/c1-8-36(5)24-16-13-11-10-12-14-17-25-37(6)27-20-21-30-42-41(29-19-15-18-26-38(7)28-22-23-35(3)4)44-34-45(42)47(40(44)9-2)50-56(53,54)39-31-32-43-46(33-39)49(52)55-48(43)51/h9,31-33,35-38,41-42,44-45,47,50H,8,10-30,34H2,1-7H3/b40-9+. The lowest BCUT2D eigenvalue weighted by Gasteiger charge is -2.38.